The van der Waals surface area contributed by atoms with Crippen molar-refractivity contribution in [3.8, 4) is 16.9 Å². The first-order valence-electron chi connectivity index (χ1n) is 18.6. The lowest BCUT2D eigenvalue weighted by Crippen LogP contribution is -2.41. The Bertz CT molecular complexity index is 2130. The summed E-state index contributed by atoms with van der Waals surface area (Å²) in [4.78, 5) is 41.1. The largest absolute Gasteiger partial charge is 0.496 e. The molecule has 2 N–H and O–H groups in total. The fraction of sp³-hybridized carbons (Fsp3) is 0.267. The summed E-state index contributed by atoms with van der Waals surface area (Å²) in [6.45, 7) is 2.22. The van der Waals surface area contributed by atoms with Gasteiger partial charge in [-0.25, -0.2) is 4.79 Å². The van der Waals surface area contributed by atoms with Gasteiger partial charge in [-0.3, -0.25) is 14.5 Å². The van der Waals surface area contributed by atoms with Gasteiger partial charge in [0.25, 0.3) is 5.91 Å². The highest BCUT2D eigenvalue weighted by molar-refractivity contribution is 7.99. The van der Waals surface area contributed by atoms with Gasteiger partial charge in [-0.2, -0.15) is 0 Å². The number of imide groups is 1. The molecule has 5 atom stereocenters. The number of methoxy groups -OCH3 is 1. The molecule has 5 unspecified atom stereocenters. The highest BCUT2D eigenvalue weighted by Crippen LogP contribution is 2.44. The number of nitrogens with one attached hydrogen (secondary N) is 1. The molecular formula is C45H44N2O8S. The van der Waals surface area contributed by atoms with Crippen LogP contribution in [0.3, 0.4) is 0 Å². The third-order valence-electron chi connectivity index (χ3n) is 10.2. The second-order valence-electron chi connectivity index (χ2n) is 13.8. The van der Waals surface area contributed by atoms with Gasteiger partial charge in [-0.1, -0.05) is 122 Å². The van der Waals surface area contributed by atoms with Gasteiger partial charge in [0, 0.05) is 22.1 Å². The van der Waals surface area contributed by atoms with Crippen molar-refractivity contribution in [1.82, 2.24) is 10.2 Å². The molecule has 3 amide bonds. The molecule has 2 aliphatic heterocycles. The zero-order valence-electron chi connectivity index (χ0n) is 31.2. The summed E-state index contributed by atoms with van der Waals surface area (Å²) in [5.74, 6) is 0.669. The Hall–Kier alpha value is -5.46. The quantitative estimate of drug-likeness (QED) is 0.0906. The zero-order valence-corrected chi connectivity index (χ0v) is 32.0. The van der Waals surface area contributed by atoms with Gasteiger partial charge in [0.05, 0.1) is 38.9 Å². The van der Waals surface area contributed by atoms with E-state index in [1.807, 2.05) is 127 Å². The second kappa shape index (κ2) is 18.0. The fourth-order valence-corrected chi connectivity index (χ4v) is 8.21. The molecule has 0 saturated carbocycles. The molecule has 2 heterocycles. The lowest BCUT2D eigenvalue weighted by molar-refractivity contribution is -0.268. The lowest BCUT2D eigenvalue weighted by atomic mass is 9.91. The van der Waals surface area contributed by atoms with E-state index in [9.17, 15) is 19.5 Å². The van der Waals surface area contributed by atoms with Crippen LogP contribution in [0.5, 0.6) is 5.75 Å². The molecule has 0 radical (unpaired) electrons. The van der Waals surface area contributed by atoms with Crippen LogP contribution in [0.4, 0.5) is 4.79 Å². The summed E-state index contributed by atoms with van der Waals surface area (Å²) in [5, 5.41) is 12.2. The van der Waals surface area contributed by atoms with Crippen LogP contribution < -0.4 is 10.1 Å². The Morgan fingerprint density at radius 2 is 1.54 bits per heavy atom. The maximum Gasteiger partial charge on any atom is 0.408 e. The van der Waals surface area contributed by atoms with Crippen molar-refractivity contribution in [3.63, 3.8) is 0 Å². The molecule has 0 aliphatic carbocycles. The number of hydrogen-bond acceptors (Lipinski definition) is 9. The number of para-hydroxylation sites is 1. The Labute approximate surface area is 330 Å². The van der Waals surface area contributed by atoms with E-state index in [-0.39, 0.29) is 50.2 Å². The maximum absolute atomic E-state index is 13.4. The first-order chi connectivity index (χ1) is 27.3. The molecule has 5 aromatic rings. The van der Waals surface area contributed by atoms with Crippen LogP contribution in [0.25, 0.3) is 11.1 Å². The minimum Gasteiger partial charge on any atom is -0.496 e. The average Bonchev–Trinajstić information content (AvgIpc) is 3.50. The van der Waals surface area contributed by atoms with E-state index >= 15 is 0 Å². The van der Waals surface area contributed by atoms with E-state index in [1.54, 1.807) is 18.9 Å². The number of aliphatic hydroxyl groups is 1. The number of ether oxygens (including phenoxy) is 4. The van der Waals surface area contributed by atoms with Gasteiger partial charge in [0.2, 0.25) is 5.91 Å². The van der Waals surface area contributed by atoms with Gasteiger partial charge >= 0.3 is 6.09 Å². The number of thioether (sulfide) groups is 1. The monoisotopic (exact) mass is 772 g/mol. The zero-order chi connectivity index (χ0) is 39.0. The molecule has 0 aromatic heterocycles. The molecule has 2 saturated heterocycles. The van der Waals surface area contributed by atoms with Crippen LogP contribution >= 0.6 is 11.8 Å². The summed E-state index contributed by atoms with van der Waals surface area (Å²) in [7, 11) is 1.67. The van der Waals surface area contributed by atoms with Gasteiger partial charge in [0.1, 0.15) is 18.4 Å². The predicted octanol–water partition coefficient (Wildman–Crippen LogP) is 7.99. The van der Waals surface area contributed by atoms with Crippen molar-refractivity contribution in [1.29, 1.82) is 0 Å². The molecule has 11 heteroatoms. The summed E-state index contributed by atoms with van der Waals surface area (Å²) in [5.41, 5.74) is 6.05. The van der Waals surface area contributed by atoms with E-state index < -0.39 is 24.3 Å². The molecule has 2 fully saturated rings. The molecule has 0 spiro atoms. The highest BCUT2D eigenvalue weighted by atomic mass is 32.2. The normalized spacial score (nSPS) is 20.8. The smallest absolute Gasteiger partial charge is 0.408 e. The minimum atomic E-state index is -0.996. The van der Waals surface area contributed by atoms with Crippen molar-refractivity contribution in [2.24, 2.45) is 5.92 Å². The Morgan fingerprint density at radius 3 is 2.29 bits per heavy atom. The van der Waals surface area contributed by atoms with E-state index in [2.05, 4.69) is 12.2 Å². The van der Waals surface area contributed by atoms with Crippen molar-refractivity contribution in [2.45, 2.75) is 62.5 Å². The fourth-order valence-electron chi connectivity index (χ4n) is 7.02. The number of aliphatic hydroxyl groups excluding tert-OH is 1. The predicted molar refractivity (Wildman–Crippen MR) is 212 cm³/mol. The molecule has 56 heavy (non-hydrogen) atoms. The van der Waals surface area contributed by atoms with Crippen LogP contribution in [-0.2, 0) is 43.6 Å². The SMILES string of the molecule is COc1ccccc1SCC1OC(c2ccc(-c3ccccc3CN3C(=O)CC(NC(=O)OCc4ccccc4)C3=O)cc2)OC(c2ccc(CO)cc2)C1C. The molecule has 0 bridgehead atoms. The van der Waals surface area contributed by atoms with Crippen LogP contribution in [-0.4, -0.2) is 52.9 Å². The Balaban J connectivity index is 1.05. The van der Waals surface area contributed by atoms with E-state index in [4.69, 9.17) is 18.9 Å². The number of likely N-dealkylation sites (tertiary alicyclic amines) is 1. The average molecular weight is 773 g/mol. The van der Waals surface area contributed by atoms with Crippen molar-refractivity contribution >= 4 is 29.7 Å². The van der Waals surface area contributed by atoms with E-state index in [0.717, 1.165) is 49.6 Å². The van der Waals surface area contributed by atoms with Gasteiger partial charge in [-0.15, -0.1) is 11.8 Å². The third kappa shape index (κ3) is 8.98. The number of carbonyl (C=O) groups is 3. The van der Waals surface area contributed by atoms with E-state index in [1.165, 1.54) is 4.90 Å². The summed E-state index contributed by atoms with van der Waals surface area (Å²) in [6.07, 6.45) is -1.96. The van der Waals surface area contributed by atoms with E-state index in [0.29, 0.717) is 5.75 Å². The van der Waals surface area contributed by atoms with Crippen LogP contribution in [0.2, 0.25) is 0 Å². The van der Waals surface area contributed by atoms with Crippen LogP contribution in [0.15, 0.2) is 132 Å². The van der Waals surface area contributed by atoms with Gasteiger partial charge in [0.15, 0.2) is 6.29 Å². The third-order valence-corrected chi connectivity index (χ3v) is 11.3. The highest BCUT2D eigenvalue weighted by Gasteiger charge is 2.41. The van der Waals surface area contributed by atoms with Crippen LogP contribution in [0.1, 0.15) is 53.6 Å². The molecular weight excluding hydrogens is 729 g/mol. The topological polar surface area (TPSA) is 124 Å². The van der Waals surface area contributed by atoms with Crippen molar-refractivity contribution < 1.29 is 38.4 Å². The lowest BCUT2D eigenvalue weighted by Gasteiger charge is -2.41. The van der Waals surface area contributed by atoms with Crippen molar-refractivity contribution in [3.05, 3.63) is 155 Å². The number of nitrogens with zero attached hydrogens (tertiary/aromatic N) is 1. The van der Waals surface area contributed by atoms with Gasteiger partial charge in [-0.05, 0) is 45.5 Å². The standard InChI is InChI=1S/C45H44N2O8S/c1-29-39(28-56-40-15-9-8-14-38(40)52-2)54-44(55-42(29)33-18-16-30(26-48)17-19-33)34-22-20-32(21-23-34)36-13-7-6-12-35(36)25-47-41(49)24-37(43(47)50)46-45(51)53-27-31-10-4-3-5-11-31/h3-23,29,37,39,42,44,48H,24-28H2,1-2H3,(H,46,51). The molecule has 2 aliphatic rings. The first kappa shape index (κ1) is 38.8. The summed E-state index contributed by atoms with van der Waals surface area (Å²) >= 11 is 1.68. The molecule has 5 aromatic carbocycles. The number of benzene rings is 5. The molecule has 7 rings (SSSR count). The minimum absolute atomic E-state index is 0.0188. The number of hydrogen-bond donors (Lipinski definition) is 2. The first-order valence-corrected chi connectivity index (χ1v) is 19.6. The number of amides is 3. The number of alkyl carbamates (subject to hydrolysis) is 1. The molecule has 288 valence electrons. The summed E-state index contributed by atoms with van der Waals surface area (Å²) < 4.78 is 24.3. The second-order valence-corrected chi connectivity index (χ2v) is 14.9. The Kier molecular flexibility index (Phi) is 12.5. The Morgan fingerprint density at radius 1 is 0.839 bits per heavy atom. The molecule has 10 nitrogen and oxygen atoms in total. The van der Waals surface area contributed by atoms with Crippen LogP contribution in [0, 0.1) is 5.92 Å². The van der Waals surface area contributed by atoms with Gasteiger partial charge < -0.3 is 29.4 Å². The number of carbonyl (C=O) groups excluding carboxylic acids is 3. The summed E-state index contributed by atoms with van der Waals surface area (Å²) in [6, 6.07) is 39.6. The number of rotatable bonds is 13. The van der Waals surface area contributed by atoms with Crippen molar-refractivity contribution in [2.75, 3.05) is 12.9 Å². The maximum atomic E-state index is 13.4.